The number of nitrogens with zero attached hydrogens (tertiary/aromatic N) is 2. The number of rotatable bonds is 1. The highest BCUT2D eigenvalue weighted by Crippen LogP contribution is 2.28. The normalized spacial score (nSPS) is 17.1. The minimum absolute atomic E-state index is 0.0892. The van der Waals surface area contributed by atoms with E-state index >= 15 is 0 Å². The number of nitrogens with one attached hydrogen (secondary N) is 1. The summed E-state index contributed by atoms with van der Waals surface area (Å²) >= 11 is 0. The molecule has 1 aliphatic heterocycles. The van der Waals surface area contributed by atoms with Crippen LogP contribution in [-0.2, 0) is 12.5 Å². The van der Waals surface area contributed by atoms with E-state index in [0.717, 1.165) is 24.4 Å². The Morgan fingerprint density at radius 1 is 1.28 bits per heavy atom. The fourth-order valence-corrected chi connectivity index (χ4v) is 2.67. The van der Waals surface area contributed by atoms with Crippen LogP contribution in [0.15, 0.2) is 18.2 Å². The van der Waals surface area contributed by atoms with Crippen LogP contribution < -0.4 is 5.32 Å². The average molecular weight is 243 g/mol. The maximum Gasteiger partial charge on any atom is 0.115 e. The van der Waals surface area contributed by atoms with Crippen LogP contribution in [0.5, 0.6) is 0 Å². The van der Waals surface area contributed by atoms with E-state index in [9.17, 15) is 0 Å². The largest absolute Gasteiger partial charge is 0.331 e. The van der Waals surface area contributed by atoms with E-state index in [4.69, 9.17) is 4.98 Å². The summed E-state index contributed by atoms with van der Waals surface area (Å²) in [6, 6.07) is 6.73. The molecule has 0 saturated carbocycles. The molecule has 1 fully saturated rings. The van der Waals surface area contributed by atoms with Crippen LogP contribution in [-0.4, -0.2) is 22.6 Å². The molecular formula is C15H21N3. The van der Waals surface area contributed by atoms with Crippen molar-refractivity contribution in [2.45, 2.75) is 32.1 Å². The molecule has 3 rings (SSSR count). The number of benzene rings is 1. The number of aryl methyl sites for hydroxylation is 1. The van der Waals surface area contributed by atoms with Crippen molar-refractivity contribution in [3.8, 4) is 0 Å². The standard InChI is InChI=1S/C15H21N3/c1-15(2,3)14-17-12-7-10(11-8-16-9-11)5-6-13(12)18(14)4/h5-7,11,16H,8-9H2,1-4H3. The topological polar surface area (TPSA) is 29.9 Å². The fourth-order valence-electron chi connectivity index (χ4n) is 2.67. The van der Waals surface area contributed by atoms with E-state index in [0.29, 0.717) is 5.92 Å². The molecular weight excluding hydrogens is 222 g/mol. The van der Waals surface area contributed by atoms with Gasteiger partial charge in [-0.3, -0.25) is 0 Å². The van der Waals surface area contributed by atoms with E-state index in [1.54, 1.807) is 0 Å². The van der Waals surface area contributed by atoms with Crippen LogP contribution in [0, 0.1) is 0 Å². The van der Waals surface area contributed by atoms with Gasteiger partial charge in [-0.25, -0.2) is 4.98 Å². The monoisotopic (exact) mass is 243 g/mol. The summed E-state index contributed by atoms with van der Waals surface area (Å²) in [5, 5.41) is 3.32. The summed E-state index contributed by atoms with van der Waals surface area (Å²) in [4.78, 5) is 4.83. The Morgan fingerprint density at radius 3 is 2.56 bits per heavy atom. The van der Waals surface area contributed by atoms with Gasteiger partial charge in [-0.15, -0.1) is 0 Å². The number of hydrogen-bond donors (Lipinski definition) is 1. The third-order valence-electron chi connectivity index (χ3n) is 3.83. The molecule has 3 heteroatoms. The third kappa shape index (κ3) is 1.74. The van der Waals surface area contributed by atoms with E-state index < -0.39 is 0 Å². The van der Waals surface area contributed by atoms with E-state index in [-0.39, 0.29) is 5.41 Å². The summed E-state index contributed by atoms with van der Waals surface area (Å²) in [6.45, 7) is 8.84. The van der Waals surface area contributed by atoms with Crippen molar-refractivity contribution in [3.05, 3.63) is 29.6 Å². The lowest BCUT2D eigenvalue weighted by Gasteiger charge is -2.27. The van der Waals surface area contributed by atoms with Crippen LogP contribution in [0.1, 0.15) is 38.1 Å². The second-order valence-corrected chi connectivity index (χ2v) is 6.35. The maximum absolute atomic E-state index is 4.83. The maximum atomic E-state index is 4.83. The minimum Gasteiger partial charge on any atom is -0.331 e. The van der Waals surface area contributed by atoms with Crippen molar-refractivity contribution in [2.24, 2.45) is 7.05 Å². The molecule has 0 radical (unpaired) electrons. The molecule has 2 heterocycles. The van der Waals surface area contributed by atoms with Gasteiger partial charge in [-0.2, -0.15) is 0 Å². The first-order chi connectivity index (χ1) is 8.47. The predicted octanol–water partition coefficient (Wildman–Crippen LogP) is 2.56. The fraction of sp³-hybridized carbons (Fsp3) is 0.533. The van der Waals surface area contributed by atoms with Crippen LogP contribution in [0.25, 0.3) is 11.0 Å². The van der Waals surface area contributed by atoms with Crippen LogP contribution in [0.2, 0.25) is 0 Å². The Labute approximate surface area is 108 Å². The van der Waals surface area contributed by atoms with Crippen molar-refractivity contribution in [1.29, 1.82) is 0 Å². The van der Waals surface area contributed by atoms with Gasteiger partial charge in [0, 0.05) is 31.5 Å². The molecule has 18 heavy (non-hydrogen) atoms. The molecule has 0 aliphatic carbocycles. The van der Waals surface area contributed by atoms with Gasteiger partial charge in [0.05, 0.1) is 11.0 Å². The second-order valence-electron chi connectivity index (χ2n) is 6.35. The first-order valence-corrected chi connectivity index (χ1v) is 6.64. The van der Waals surface area contributed by atoms with Crippen LogP contribution in [0.3, 0.4) is 0 Å². The highest BCUT2D eigenvalue weighted by Gasteiger charge is 2.23. The lowest BCUT2D eigenvalue weighted by atomic mass is 9.93. The van der Waals surface area contributed by atoms with Crippen molar-refractivity contribution < 1.29 is 0 Å². The zero-order chi connectivity index (χ0) is 12.9. The summed E-state index contributed by atoms with van der Waals surface area (Å²) in [7, 11) is 2.11. The quantitative estimate of drug-likeness (QED) is 0.834. The zero-order valence-corrected chi connectivity index (χ0v) is 11.6. The van der Waals surface area contributed by atoms with Gasteiger partial charge in [-0.1, -0.05) is 26.8 Å². The lowest BCUT2D eigenvalue weighted by Crippen LogP contribution is -2.39. The van der Waals surface area contributed by atoms with E-state index in [2.05, 4.69) is 55.9 Å². The molecule has 2 aromatic rings. The van der Waals surface area contributed by atoms with Gasteiger partial charge in [0.15, 0.2) is 0 Å². The van der Waals surface area contributed by atoms with Crippen molar-refractivity contribution in [2.75, 3.05) is 13.1 Å². The molecule has 96 valence electrons. The highest BCUT2D eigenvalue weighted by atomic mass is 15.1. The number of hydrogen-bond acceptors (Lipinski definition) is 2. The molecule has 0 unspecified atom stereocenters. The molecule has 1 aromatic carbocycles. The smallest absolute Gasteiger partial charge is 0.115 e. The van der Waals surface area contributed by atoms with Gasteiger partial charge in [0.1, 0.15) is 5.82 Å². The second kappa shape index (κ2) is 3.82. The van der Waals surface area contributed by atoms with Crippen molar-refractivity contribution >= 4 is 11.0 Å². The predicted molar refractivity (Wildman–Crippen MR) is 75.0 cm³/mol. The number of fused-ring (bicyclic) bond motifs is 1. The molecule has 0 atom stereocenters. The van der Waals surface area contributed by atoms with Crippen molar-refractivity contribution in [1.82, 2.24) is 14.9 Å². The molecule has 1 aromatic heterocycles. The number of imidazole rings is 1. The Kier molecular flexibility index (Phi) is 2.49. The zero-order valence-electron chi connectivity index (χ0n) is 11.6. The summed E-state index contributed by atoms with van der Waals surface area (Å²) in [6.07, 6.45) is 0. The lowest BCUT2D eigenvalue weighted by molar-refractivity contribution is 0.448. The average Bonchev–Trinajstić information content (AvgIpc) is 2.53. The van der Waals surface area contributed by atoms with Crippen molar-refractivity contribution in [3.63, 3.8) is 0 Å². The van der Waals surface area contributed by atoms with E-state index in [1.165, 1.54) is 11.1 Å². The third-order valence-corrected chi connectivity index (χ3v) is 3.83. The molecule has 1 saturated heterocycles. The first kappa shape index (κ1) is 11.7. The molecule has 0 bridgehead atoms. The van der Waals surface area contributed by atoms with Crippen LogP contribution in [0.4, 0.5) is 0 Å². The highest BCUT2D eigenvalue weighted by molar-refractivity contribution is 5.77. The Morgan fingerprint density at radius 2 is 2.00 bits per heavy atom. The van der Waals surface area contributed by atoms with Gasteiger partial charge in [0.25, 0.3) is 0 Å². The Hall–Kier alpha value is -1.35. The summed E-state index contributed by atoms with van der Waals surface area (Å²) in [5.41, 5.74) is 3.87. The molecule has 1 N–H and O–H groups in total. The van der Waals surface area contributed by atoms with Gasteiger partial charge in [0.2, 0.25) is 0 Å². The summed E-state index contributed by atoms with van der Waals surface area (Å²) < 4.78 is 2.22. The SMILES string of the molecule is Cn1c(C(C)(C)C)nc2cc(C3CNC3)ccc21. The molecule has 0 spiro atoms. The van der Waals surface area contributed by atoms with E-state index in [1.807, 2.05) is 0 Å². The number of aromatic nitrogens is 2. The molecule has 1 aliphatic rings. The minimum atomic E-state index is 0.0892. The molecule has 3 nitrogen and oxygen atoms in total. The van der Waals surface area contributed by atoms with Gasteiger partial charge in [-0.05, 0) is 17.7 Å². The first-order valence-electron chi connectivity index (χ1n) is 6.64. The van der Waals surface area contributed by atoms with Crippen LogP contribution >= 0.6 is 0 Å². The van der Waals surface area contributed by atoms with Gasteiger partial charge >= 0.3 is 0 Å². The summed E-state index contributed by atoms with van der Waals surface area (Å²) in [5.74, 6) is 1.83. The Bertz CT molecular complexity index is 586. The van der Waals surface area contributed by atoms with Gasteiger partial charge < -0.3 is 9.88 Å². The Balaban J connectivity index is 2.11. The molecule has 0 amide bonds.